The molecule has 0 radical (unpaired) electrons. The van der Waals surface area contributed by atoms with Crippen molar-refractivity contribution in [2.75, 3.05) is 73.0 Å². The minimum atomic E-state index is 0.594. The van der Waals surface area contributed by atoms with E-state index in [-0.39, 0.29) is 0 Å². The Morgan fingerprint density at radius 3 is 2.15 bits per heavy atom. The molecule has 0 amide bonds. The third kappa shape index (κ3) is 4.69. The first-order valence-electron chi connectivity index (χ1n) is 8.44. The van der Waals surface area contributed by atoms with Crippen LogP contribution in [0.5, 0.6) is 0 Å². The van der Waals surface area contributed by atoms with Crippen molar-refractivity contribution in [3.8, 4) is 0 Å². The fourth-order valence-electron chi connectivity index (χ4n) is 3.57. The highest BCUT2D eigenvalue weighted by Crippen LogP contribution is 2.33. The van der Waals surface area contributed by atoms with Crippen LogP contribution in [0.3, 0.4) is 0 Å². The largest absolute Gasteiger partial charge is 0.317 e. The van der Waals surface area contributed by atoms with E-state index in [4.69, 9.17) is 0 Å². The van der Waals surface area contributed by atoms with Crippen molar-refractivity contribution in [2.45, 2.75) is 26.2 Å². The first kappa shape index (κ1) is 16.2. The van der Waals surface area contributed by atoms with Crippen LogP contribution in [0.1, 0.15) is 26.2 Å². The zero-order valence-electron chi connectivity index (χ0n) is 13.8. The summed E-state index contributed by atoms with van der Waals surface area (Å²) in [5.41, 5.74) is 0.594. The molecule has 2 heterocycles. The molecule has 1 N–H and O–H groups in total. The molecule has 118 valence electrons. The van der Waals surface area contributed by atoms with E-state index in [0.717, 1.165) is 0 Å². The van der Waals surface area contributed by atoms with E-state index in [1.54, 1.807) is 0 Å². The minimum absolute atomic E-state index is 0.594. The van der Waals surface area contributed by atoms with Gasteiger partial charge < -0.3 is 15.1 Å². The fraction of sp³-hybridized carbons (Fsp3) is 1.00. The van der Waals surface area contributed by atoms with Gasteiger partial charge in [0.15, 0.2) is 0 Å². The van der Waals surface area contributed by atoms with Crippen molar-refractivity contribution in [3.05, 3.63) is 0 Å². The molecular formula is C16H34N4. The number of piperidine rings is 1. The number of nitrogens with zero attached hydrogens (tertiary/aromatic N) is 3. The molecule has 2 fully saturated rings. The maximum atomic E-state index is 3.51. The number of rotatable bonds is 6. The quantitative estimate of drug-likeness (QED) is 0.783. The van der Waals surface area contributed by atoms with Crippen LogP contribution < -0.4 is 5.32 Å². The monoisotopic (exact) mass is 282 g/mol. The normalized spacial score (nSPS) is 25.2. The van der Waals surface area contributed by atoms with Crippen molar-refractivity contribution in [2.24, 2.45) is 5.41 Å². The fourth-order valence-corrected chi connectivity index (χ4v) is 3.57. The lowest BCUT2D eigenvalue weighted by atomic mass is 9.76. The SMILES string of the molecule is CCC1(CN2CCN(CCN(C)C)CC2)CCNCC1. The molecular weight excluding hydrogens is 248 g/mol. The molecule has 2 saturated heterocycles. The first-order chi connectivity index (χ1) is 9.63. The Kier molecular flexibility index (Phi) is 6.27. The average molecular weight is 282 g/mol. The molecule has 0 bridgehead atoms. The van der Waals surface area contributed by atoms with E-state index in [1.165, 1.54) is 78.2 Å². The van der Waals surface area contributed by atoms with Gasteiger partial charge in [-0.2, -0.15) is 0 Å². The average Bonchev–Trinajstić information content (AvgIpc) is 2.47. The van der Waals surface area contributed by atoms with Crippen LogP contribution in [0.2, 0.25) is 0 Å². The molecule has 4 heteroatoms. The molecule has 0 aromatic rings. The lowest BCUT2D eigenvalue weighted by Crippen LogP contribution is -2.52. The third-order valence-corrected chi connectivity index (χ3v) is 5.30. The van der Waals surface area contributed by atoms with Gasteiger partial charge in [0.1, 0.15) is 0 Å². The van der Waals surface area contributed by atoms with Gasteiger partial charge in [0.05, 0.1) is 0 Å². The second-order valence-corrected chi connectivity index (χ2v) is 7.02. The van der Waals surface area contributed by atoms with Crippen molar-refractivity contribution in [1.29, 1.82) is 0 Å². The van der Waals surface area contributed by atoms with Crippen molar-refractivity contribution >= 4 is 0 Å². The second kappa shape index (κ2) is 7.74. The van der Waals surface area contributed by atoms with Gasteiger partial charge >= 0.3 is 0 Å². The number of hydrogen-bond donors (Lipinski definition) is 1. The Hall–Kier alpha value is -0.160. The third-order valence-electron chi connectivity index (χ3n) is 5.30. The van der Waals surface area contributed by atoms with Crippen molar-refractivity contribution in [1.82, 2.24) is 20.0 Å². The summed E-state index contributed by atoms with van der Waals surface area (Å²) < 4.78 is 0. The first-order valence-corrected chi connectivity index (χ1v) is 8.44. The Morgan fingerprint density at radius 2 is 1.60 bits per heavy atom. The number of piperazine rings is 1. The maximum absolute atomic E-state index is 3.51. The highest BCUT2D eigenvalue weighted by Gasteiger charge is 2.32. The van der Waals surface area contributed by atoms with E-state index >= 15 is 0 Å². The van der Waals surface area contributed by atoms with E-state index in [1.807, 2.05) is 0 Å². The Balaban J connectivity index is 1.73. The predicted octanol–water partition coefficient (Wildman–Crippen LogP) is 0.945. The van der Waals surface area contributed by atoms with Crippen LogP contribution in [0.25, 0.3) is 0 Å². The van der Waals surface area contributed by atoms with Crippen LogP contribution >= 0.6 is 0 Å². The summed E-state index contributed by atoms with van der Waals surface area (Å²) in [4.78, 5) is 7.63. The van der Waals surface area contributed by atoms with Gasteiger partial charge in [-0.1, -0.05) is 6.92 Å². The number of nitrogens with one attached hydrogen (secondary N) is 1. The number of likely N-dealkylation sites (N-methyl/N-ethyl adjacent to an activating group) is 1. The summed E-state index contributed by atoms with van der Waals surface area (Å²) in [6, 6.07) is 0. The van der Waals surface area contributed by atoms with Gasteiger partial charge in [0.2, 0.25) is 0 Å². The molecule has 0 aliphatic carbocycles. The smallest absolute Gasteiger partial charge is 0.0110 e. The molecule has 0 atom stereocenters. The standard InChI is InChI=1S/C16H34N4/c1-4-16(5-7-17-8-6-16)15-20-13-11-19(12-14-20)10-9-18(2)3/h17H,4-15H2,1-3H3. The molecule has 4 nitrogen and oxygen atoms in total. The summed E-state index contributed by atoms with van der Waals surface area (Å²) in [6.45, 7) is 13.6. The molecule has 2 aliphatic heterocycles. The zero-order valence-corrected chi connectivity index (χ0v) is 13.8. The Morgan fingerprint density at radius 1 is 1.00 bits per heavy atom. The molecule has 2 rings (SSSR count). The van der Waals surface area contributed by atoms with Gasteiger partial charge in [-0.3, -0.25) is 4.90 Å². The molecule has 0 aromatic carbocycles. The van der Waals surface area contributed by atoms with Gasteiger partial charge in [0.25, 0.3) is 0 Å². The highest BCUT2D eigenvalue weighted by atomic mass is 15.3. The zero-order chi connectivity index (χ0) is 14.4. The lowest BCUT2D eigenvalue weighted by molar-refractivity contribution is 0.0620. The van der Waals surface area contributed by atoms with Crippen LogP contribution in [0.15, 0.2) is 0 Å². The van der Waals surface area contributed by atoms with E-state index in [9.17, 15) is 0 Å². The summed E-state index contributed by atoms with van der Waals surface area (Å²) in [7, 11) is 4.33. The van der Waals surface area contributed by atoms with Crippen LogP contribution in [-0.2, 0) is 0 Å². The van der Waals surface area contributed by atoms with Crippen molar-refractivity contribution in [3.63, 3.8) is 0 Å². The summed E-state index contributed by atoms with van der Waals surface area (Å²) >= 11 is 0. The molecule has 0 aromatic heterocycles. The molecule has 2 aliphatic rings. The summed E-state index contributed by atoms with van der Waals surface area (Å²) in [6.07, 6.45) is 4.07. The van der Waals surface area contributed by atoms with Crippen LogP contribution in [0, 0.1) is 5.41 Å². The Labute approximate surface area is 125 Å². The lowest BCUT2D eigenvalue weighted by Gasteiger charge is -2.43. The van der Waals surface area contributed by atoms with E-state index in [0.29, 0.717) is 5.41 Å². The number of hydrogen-bond acceptors (Lipinski definition) is 4. The predicted molar refractivity (Wildman–Crippen MR) is 86.3 cm³/mol. The van der Waals surface area contributed by atoms with E-state index < -0.39 is 0 Å². The molecule has 0 saturated carbocycles. The van der Waals surface area contributed by atoms with Crippen molar-refractivity contribution < 1.29 is 0 Å². The van der Waals surface area contributed by atoms with E-state index in [2.05, 4.69) is 41.0 Å². The summed E-state index contributed by atoms with van der Waals surface area (Å²) in [5.74, 6) is 0. The van der Waals surface area contributed by atoms with Gasteiger partial charge in [0, 0.05) is 45.8 Å². The van der Waals surface area contributed by atoms with Crippen LogP contribution in [-0.4, -0.2) is 87.7 Å². The maximum Gasteiger partial charge on any atom is 0.0110 e. The van der Waals surface area contributed by atoms with Crippen LogP contribution in [0.4, 0.5) is 0 Å². The topological polar surface area (TPSA) is 21.8 Å². The van der Waals surface area contributed by atoms with Gasteiger partial charge in [-0.25, -0.2) is 0 Å². The molecule has 20 heavy (non-hydrogen) atoms. The molecule has 0 spiro atoms. The minimum Gasteiger partial charge on any atom is -0.317 e. The second-order valence-electron chi connectivity index (χ2n) is 7.02. The van der Waals surface area contributed by atoms with Gasteiger partial charge in [-0.15, -0.1) is 0 Å². The molecule has 0 unspecified atom stereocenters. The Bertz CT molecular complexity index is 266. The summed E-state index contributed by atoms with van der Waals surface area (Å²) in [5, 5.41) is 3.51. The highest BCUT2D eigenvalue weighted by molar-refractivity contribution is 4.88. The van der Waals surface area contributed by atoms with Gasteiger partial charge in [-0.05, 0) is 51.9 Å².